The van der Waals surface area contributed by atoms with E-state index in [0.717, 1.165) is 30.2 Å². The first kappa shape index (κ1) is 14.4. The summed E-state index contributed by atoms with van der Waals surface area (Å²) in [6.07, 6.45) is 2.89. The zero-order valence-electron chi connectivity index (χ0n) is 11.9. The molecule has 0 radical (unpaired) electrons. The molecule has 1 aliphatic rings. The van der Waals surface area contributed by atoms with E-state index in [1.165, 1.54) is 0 Å². The Morgan fingerprint density at radius 3 is 3.05 bits per heavy atom. The lowest BCUT2D eigenvalue weighted by Gasteiger charge is -2.18. The Kier molecular flexibility index (Phi) is 3.91. The number of amides is 1. The van der Waals surface area contributed by atoms with E-state index in [1.54, 1.807) is 18.2 Å². The SMILES string of the molecule is Cc1c(C(=O)NC2CCCC2CO)oc2ccc(Cl)cc12. The molecule has 21 heavy (non-hydrogen) atoms. The smallest absolute Gasteiger partial charge is 0.287 e. The minimum Gasteiger partial charge on any atom is -0.451 e. The van der Waals surface area contributed by atoms with E-state index in [4.69, 9.17) is 16.0 Å². The van der Waals surface area contributed by atoms with Crippen LogP contribution in [0.25, 0.3) is 11.0 Å². The summed E-state index contributed by atoms with van der Waals surface area (Å²) in [6, 6.07) is 5.35. The Labute approximate surface area is 128 Å². The van der Waals surface area contributed by atoms with Crippen LogP contribution in [0.5, 0.6) is 0 Å². The van der Waals surface area contributed by atoms with Gasteiger partial charge in [0.15, 0.2) is 5.76 Å². The van der Waals surface area contributed by atoms with Crippen molar-refractivity contribution in [1.29, 1.82) is 0 Å². The molecule has 1 heterocycles. The molecule has 1 aromatic carbocycles. The average molecular weight is 308 g/mol. The monoisotopic (exact) mass is 307 g/mol. The Morgan fingerprint density at radius 1 is 1.48 bits per heavy atom. The second-order valence-corrected chi connectivity index (χ2v) is 6.09. The number of aliphatic hydroxyl groups is 1. The lowest BCUT2D eigenvalue weighted by Crippen LogP contribution is -2.38. The maximum atomic E-state index is 12.4. The molecule has 1 saturated carbocycles. The number of rotatable bonds is 3. The number of furan rings is 1. The normalized spacial score (nSPS) is 21.9. The van der Waals surface area contributed by atoms with E-state index in [2.05, 4.69) is 5.32 Å². The number of aliphatic hydroxyl groups excluding tert-OH is 1. The van der Waals surface area contributed by atoms with Crippen LogP contribution in [-0.4, -0.2) is 23.7 Å². The van der Waals surface area contributed by atoms with Gasteiger partial charge in [-0.3, -0.25) is 4.79 Å². The van der Waals surface area contributed by atoms with Gasteiger partial charge in [-0.05, 0) is 38.0 Å². The van der Waals surface area contributed by atoms with Crippen molar-refractivity contribution >= 4 is 28.5 Å². The molecular weight excluding hydrogens is 290 g/mol. The molecule has 4 nitrogen and oxygen atoms in total. The van der Waals surface area contributed by atoms with Crippen molar-refractivity contribution in [2.24, 2.45) is 5.92 Å². The Hall–Kier alpha value is -1.52. The Morgan fingerprint density at radius 2 is 2.29 bits per heavy atom. The molecule has 1 amide bonds. The number of halogens is 1. The lowest BCUT2D eigenvalue weighted by atomic mass is 10.0. The number of carbonyl (C=O) groups excluding carboxylic acids is 1. The molecule has 1 aromatic heterocycles. The highest BCUT2D eigenvalue weighted by Crippen LogP contribution is 2.29. The number of nitrogens with one attached hydrogen (secondary N) is 1. The van der Waals surface area contributed by atoms with Gasteiger partial charge in [-0.1, -0.05) is 18.0 Å². The van der Waals surface area contributed by atoms with Gasteiger partial charge >= 0.3 is 0 Å². The molecule has 2 atom stereocenters. The van der Waals surface area contributed by atoms with E-state index >= 15 is 0 Å². The summed E-state index contributed by atoms with van der Waals surface area (Å²) in [7, 11) is 0. The van der Waals surface area contributed by atoms with Crippen molar-refractivity contribution < 1.29 is 14.3 Å². The van der Waals surface area contributed by atoms with E-state index in [9.17, 15) is 9.90 Å². The summed E-state index contributed by atoms with van der Waals surface area (Å²) in [6.45, 7) is 1.97. The predicted molar refractivity (Wildman–Crippen MR) is 81.6 cm³/mol. The van der Waals surface area contributed by atoms with Crippen molar-refractivity contribution in [1.82, 2.24) is 5.32 Å². The summed E-state index contributed by atoms with van der Waals surface area (Å²) in [5, 5.41) is 13.8. The Balaban J connectivity index is 1.86. The standard InChI is InChI=1S/C16H18ClNO3/c1-9-12-7-11(17)5-6-14(12)21-15(9)16(20)18-13-4-2-3-10(13)8-19/h5-7,10,13,19H,2-4,8H2,1H3,(H,18,20). The molecule has 0 bridgehead atoms. The molecule has 0 saturated heterocycles. The quantitative estimate of drug-likeness (QED) is 0.914. The highest BCUT2D eigenvalue weighted by atomic mass is 35.5. The summed E-state index contributed by atoms with van der Waals surface area (Å²) >= 11 is 5.98. The first-order valence-electron chi connectivity index (χ1n) is 7.20. The zero-order chi connectivity index (χ0) is 15.0. The van der Waals surface area contributed by atoms with Gasteiger partial charge in [0, 0.05) is 34.5 Å². The third-order valence-electron chi connectivity index (χ3n) is 4.31. The maximum Gasteiger partial charge on any atom is 0.287 e. The maximum absolute atomic E-state index is 12.4. The van der Waals surface area contributed by atoms with Gasteiger partial charge in [-0.15, -0.1) is 0 Å². The second kappa shape index (κ2) is 5.70. The van der Waals surface area contributed by atoms with Gasteiger partial charge in [0.2, 0.25) is 0 Å². The van der Waals surface area contributed by atoms with Crippen molar-refractivity contribution in [3.63, 3.8) is 0 Å². The van der Waals surface area contributed by atoms with Crippen molar-refractivity contribution in [2.75, 3.05) is 6.61 Å². The zero-order valence-corrected chi connectivity index (χ0v) is 12.6. The van der Waals surface area contributed by atoms with Crippen molar-refractivity contribution in [2.45, 2.75) is 32.2 Å². The first-order valence-corrected chi connectivity index (χ1v) is 7.58. The molecule has 1 fully saturated rings. The molecular formula is C16H18ClNO3. The molecule has 2 N–H and O–H groups in total. The van der Waals surface area contributed by atoms with Gasteiger partial charge < -0.3 is 14.8 Å². The number of aryl methyl sites for hydroxylation is 1. The van der Waals surface area contributed by atoms with E-state index in [0.29, 0.717) is 16.4 Å². The van der Waals surface area contributed by atoms with E-state index < -0.39 is 0 Å². The van der Waals surface area contributed by atoms with Gasteiger partial charge in [-0.25, -0.2) is 0 Å². The van der Waals surface area contributed by atoms with Crippen LogP contribution < -0.4 is 5.32 Å². The minimum atomic E-state index is -0.217. The Bertz CT molecular complexity index is 679. The molecule has 112 valence electrons. The lowest BCUT2D eigenvalue weighted by molar-refractivity contribution is 0.0889. The van der Waals surface area contributed by atoms with E-state index in [1.807, 2.05) is 6.92 Å². The average Bonchev–Trinajstić information content (AvgIpc) is 3.04. The van der Waals surface area contributed by atoms with Gasteiger partial charge in [0.25, 0.3) is 5.91 Å². The van der Waals surface area contributed by atoms with Crippen LogP contribution in [0.15, 0.2) is 22.6 Å². The molecule has 0 spiro atoms. The minimum absolute atomic E-state index is 0.0266. The highest BCUT2D eigenvalue weighted by molar-refractivity contribution is 6.31. The summed E-state index contributed by atoms with van der Waals surface area (Å²) in [4.78, 5) is 12.4. The summed E-state index contributed by atoms with van der Waals surface area (Å²) in [5.41, 5.74) is 1.45. The molecule has 2 aromatic rings. The third-order valence-corrected chi connectivity index (χ3v) is 4.55. The second-order valence-electron chi connectivity index (χ2n) is 5.65. The largest absolute Gasteiger partial charge is 0.451 e. The topological polar surface area (TPSA) is 62.5 Å². The predicted octanol–water partition coefficient (Wildman–Crippen LogP) is 3.29. The van der Waals surface area contributed by atoms with Gasteiger partial charge in [0.1, 0.15) is 5.58 Å². The fraction of sp³-hybridized carbons (Fsp3) is 0.438. The van der Waals surface area contributed by atoms with Gasteiger partial charge in [0.05, 0.1) is 0 Å². The van der Waals surface area contributed by atoms with Crippen LogP contribution in [0.3, 0.4) is 0 Å². The number of carbonyl (C=O) groups is 1. The molecule has 5 heteroatoms. The molecule has 2 unspecified atom stereocenters. The molecule has 1 aliphatic carbocycles. The fourth-order valence-electron chi connectivity index (χ4n) is 3.09. The number of hydrogen-bond donors (Lipinski definition) is 2. The first-order chi connectivity index (χ1) is 10.1. The summed E-state index contributed by atoms with van der Waals surface area (Å²) in [5.74, 6) is 0.258. The van der Waals surface area contributed by atoms with Crippen LogP contribution in [0.2, 0.25) is 5.02 Å². The van der Waals surface area contributed by atoms with Crippen LogP contribution >= 0.6 is 11.6 Å². The number of hydrogen-bond acceptors (Lipinski definition) is 3. The van der Waals surface area contributed by atoms with Gasteiger partial charge in [-0.2, -0.15) is 0 Å². The van der Waals surface area contributed by atoms with Crippen molar-refractivity contribution in [3.8, 4) is 0 Å². The fourth-order valence-corrected chi connectivity index (χ4v) is 3.26. The molecule has 0 aliphatic heterocycles. The number of fused-ring (bicyclic) bond motifs is 1. The van der Waals surface area contributed by atoms with E-state index in [-0.39, 0.29) is 24.5 Å². The van der Waals surface area contributed by atoms with Crippen LogP contribution in [0.4, 0.5) is 0 Å². The molecule has 3 rings (SSSR count). The summed E-state index contributed by atoms with van der Waals surface area (Å²) < 4.78 is 5.66. The van der Waals surface area contributed by atoms with Crippen LogP contribution in [0.1, 0.15) is 35.4 Å². The van der Waals surface area contributed by atoms with Crippen molar-refractivity contribution in [3.05, 3.63) is 34.5 Å². The third kappa shape index (κ3) is 2.65. The van der Waals surface area contributed by atoms with Crippen LogP contribution in [0, 0.1) is 12.8 Å². The highest BCUT2D eigenvalue weighted by Gasteiger charge is 2.29. The van der Waals surface area contributed by atoms with Crippen LogP contribution in [-0.2, 0) is 0 Å². The number of benzene rings is 1.